The van der Waals surface area contributed by atoms with Crippen LogP contribution >= 0.6 is 0 Å². The third-order valence-corrected chi connectivity index (χ3v) is 5.08. The maximum atomic E-state index is 13.8. The highest BCUT2D eigenvalue weighted by Crippen LogP contribution is 2.24. The van der Waals surface area contributed by atoms with Crippen LogP contribution in [-0.4, -0.2) is 9.97 Å². The van der Waals surface area contributed by atoms with E-state index in [1.807, 2.05) is 36.7 Å². The number of benzene rings is 3. The van der Waals surface area contributed by atoms with Gasteiger partial charge in [0.2, 0.25) is 0 Å². The summed E-state index contributed by atoms with van der Waals surface area (Å²) in [5, 5.41) is 0.301. The Hall–Kier alpha value is -3.65. The summed E-state index contributed by atoms with van der Waals surface area (Å²) in [4.78, 5) is 8.76. The van der Waals surface area contributed by atoms with Crippen molar-refractivity contribution < 1.29 is 13.2 Å². The van der Waals surface area contributed by atoms with E-state index in [-0.39, 0.29) is 10.8 Å². The molecule has 0 radical (unpaired) electrons. The molecule has 31 heavy (non-hydrogen) atoms. The fraction of sp³-hybridized carbons (Fsp3) is 0.154. The number of rotatable bonds is 4. The molecule has 2 nitrogen and oxygen atoms in total. The van der Waals surface area contributed by atoms with Crippen LogP contribution in [0.2, 0.25) is 0 Å². The fourth-order valence-corrected chi connectivity index (χ4v) is 3.23. The van der Waals surface area contributed by atoms with Crippen LogP contribution in [0.25, 0.3) is 10.8 Å². The molecule has 0 bridgehead atoms. The van der Waals surface area contributed by atoms with E-state index in [9.17, 15) is 13.2 Å². The second-order valence-corrected chi connectivity index (χ2v) is 7.23. The van der Waals surface area contributed by atoms with Gasteiger partial charge in [0.1, 0.15) is 5.82 Å². The van der Waals surface area contributed by atoms with Crippen LogP contribution in [0.15, 0.2) is 60.9 Å². The summed E-state index contributed by atoms with van der Waals surface area (Å²) < 4.78 is 40.7. The minimum absolute atomic E-state index is 0.0297. The molecule has 154 valence electrons. The predicted octanol–water partition coefficient (Wildman–Crippen LogP) is 5.79. The zero-order valence-corrected chi connectivity index (χ0v) is 16.9. The normalized spacial score (nSPS) is 10.7. The molecule has 0 aliphatic carbocycles. The van der Waals surface area contributed by atoms with Crippen molar-refractivity contribution in [2.75, 3.05) is 0 Å². The number of nitrogens with zero attached hydrogens (tertiary/aromatic N) is 2. The first-order chi connectivity index (χ1) is 15.0. The molecule has 0 unspecified atom stereocenters. The van der Waals surface area contributed by atoms with Gasteiger partial charge in [-0.2, -0.15) is 0 Å². The Labute approximate surface area is 178 Å². The molecule has 0 amide bonds. The summed E-state index contributed by atoms with van der Waals surface area (Å²) in [5.41, 5.74) is 3.70. The van der Waals surface area contributed by atoms with Gasteiger partial charge in [-0.15, -0.1) is 0 Å². The number of fused-ring (bicyclic) bond motifs is 1. The Morgan fingerprint density at radius 2 is 1.42 bits per heavy atom. The summed E-state index contributed by atoms with van der Waals surface area (Å²) in [6.07, 6.45) is 6.26. The average molecular weight is 416 g/mol. The maximum absolute atomic E-state index is 13.8. The van der Waals surface area contributed by atoms with Crippen LogP contribution in [0.5, 0.6) is 0 Å². The number of hydrogen-bond donors (Lipinski definition) is 0. The highest BCUT2D eigenvalue weighted by atomic mass is 19.2. The van der Waals surface area contributed by atoms with Crippen molar-refractivity contribution in [1.29, 1.82) is 0 Å². The van der Waals surface area contributed by atoms with Crippen LogP contribution in [0.4, 0.5) is 13.2 Å². The summed E-state index contributed by atoms with van der Waals surface area (Å²) in [5.74, 6) is 3.00. The largest absolute Gasteiger partial charge is 0.241 e. The van der Waals surface area contributed by atoms with Gasteiger partial charge in [-0.3, -0.25) is 0 Å². The van der Waals surface area contributed by atoms with Gasteiger partial charge in [-0.05, 0) is 59.7 Å². The Morgan fingerprint density at radius 3 is 2.13 bits per heavy atom. The Bertz CT molecular complexity index is 1290. The van der Waals surface area contributed by atoms with Crippen molar-refractivity contribution in [3.8, 4) is 11.8 Å². The van der Waals surface area contributed by atoms with Crippen molar-refractivity contribution in [2.24, 2.45) is 0 Å². The molecule has 4 aromatic rings. The average Bonchev–Trinajstić information content (AvgIpc) is 2.81. The SMILES string of the molecule is CCc1cnc(CCc2ccc(C#Cc3ccc4c(F)c(F)c(F)cc4c3)cc2)nc1. The molecular formula is C26H19F3N2. The lowest BCUT2D eigenvalue weighted by molar-refractivity contribution is 0.453. The van der Waals surface area contributed by atoms with Gasteiger partial charge in [0.15, 0.2) is 17.5 Å². The van der Waals surface area contributed by atoms with Crippen molar-refractivity contribution in [2.45, 2.75) is 26.2 Å². The van der Waals surface area contributed by atoms with E-state index >= 15 is 0 Å². The first kappa shape index (κ1) is 20.6. The third kappa shape index (κ3) is 4.75. The number of halogens is 3. The van der Waals surface area contributed by atoms with Gasteiger partial charge in [-0.25, -0.2) is 23.1 Å². The monoisotopic (exact) mass is 416 g/mol. The molecular weight excluding hydrogens is 397 g/mol. The molecule has 3 aromatic carbocycles. The topological polar surface area (TPSA) is 25.8 Å². The smallest absolute Gasteiger partial charge is 0.195 e. The lowest BCUT2D eigenvalue weighted by Gasteiger charge is -2.03. The van der Waals surface area contributed by atoms with Gasteiger partial charge in [0.25, 0.3) is 0 Å². The first-order valence-corrected chi connectivity index (χ1v) is 10.0. The standard InChI is InChI=1S/C26H19F3N2/c1-2-17-15-30-24(31-16-17)12-10-19-5-3-18(4-6-19)7-8-20-9-11-22-21(13-20)14-23(27)26(29)25(22)28/h3-6,9,11,13-16H,2,10,12H2,1H3. The van der Waals surface area contributed by atoms with Crippen molar-refractivity contribution in [3.63, 3.8) is 0 Å². The van der Waals surface area contributed by atoms with Crippen LogP contribution in [0.1, 0.15) is 35.0 Å². The highest BCUT2D eigenvalue weighted by Gasteiger charge is 2.13. The molecule has 0 atom stereocenters. The molecule has 1 heterocycles. The second kappa shape index (κ2) is 9.01. The molecule has 5 heteroatoms. The lowest BCUT2D eigenvalue weighted by Crippen LogP contribution is -1.99. The zero-order valence-electron chi connectivity index (χ0n) is 16.9. The summed E-state index contributed by atoms with van der Waals surface area (Å²) in [7, 11) is 0. The molecule has 0 fully saturated rings. The minimum Gasteiger partial charge on any atom is -0.241 e. The van der Waals surface area contributed by atoms with E-state index in [2.05, 4.69) is 28.7 Å². The van der Waals surface area contributed by atoms with E-state index < -0.39 is 17.5 Å². The first-order valence-electron chi connectivity index (χ1n) is 10.0. The van der Waals surface area contributed by atoms with Gasteiger partial charge in [0, 0.05) is 35.3 Å². The van der Waals surface area contributed by atoms with Crippen LogP contribution in [0.3, 0.4) is 0 Å². The van der Waals surface area contributed by atoms with Gasteiger partial charge in [-0.1, -0.05) is 37.0 Å². The number of aromatic nitrogens is 2. The summed E-state index contributed by atoms with van der Waals surface area (Å²) >= 11 is 0. The minimum atomic E-state index is -1.46. The van der Waals surface area contributed by atoms with E-state index in [1.165, 1.54) is 6.07 Å². The highest BCUT2D eigenvalue weighted by molar-refractivity contribution is 5.84. The second-order valence-electron chi connectivity index (χ2n) is 7.23. The Morgan fingerprint density at radius 1 is 0.742 bits per heavy atom. The third-order valence-electron chi connectivity index (χ3n) is 5.08. The van der Waals surface area contributed by atoms with E-state index in [0.717, 1.165) is 47.8 Å². The van der Waals surface area contributed by atoms with Crippen LogP contribution in [0, 0.1) is 29.3 Å². The van der Waals surface area contributed by atoms with Crippen molar-refractivity contribution in [1.82, 2.24) is 9.97 Å². The van der Waals surface area contributed by atoms with Crippen molar-refractivity contribution >= 4 is 10.8 Å². The Kier molecular flexibility index (Phi) is 5.99. The molecule has 0 aliphatic heterocycles. The number of aryl methyl sites for hydroxylation is 3. The fourth-order valence-electron chi connectivity index (χ4n) is 3.23. The molecule has 0 saturated carbocycles. The quantitative estimate of drug-likeness (QED) is 0.311. The molecule has 1 aromatic heterocycles. The van der Waals surface area contributed by atoms with E-state index in [4.69, 9.17) is 0 Å². The molecule has 0 spiro atoms. The Balaban J connectivity index is 1.45. The van der Waals surface area contributed by atoms with Crippen LogP contribution in [-0.2, 0) is 19.3 Å². The van der Waals surface area contributed by atoms with Gasteiger partial charge in [0.05, 0.1) is 0 Å². The lowest BCUT2D eigenvalue weighted by atomic mass is 10.0. The van der Waals surface area contributed by atoms with E-state index in [1.54, 1.807) is 12.1 Å². The van der Waals surface area contributed by atoms with Crippen LogP contribution < -0.4 is 0 Å². The molecule has 0 N–H and O–H groups in total. The van der Waals surface area contributed by atoms with Gasteiger partial charge >= 0.3 is 0 Å². The number of hydrogen-bond acceptors (Lipinski definition) is 2. The molecule has 0 saturated heterocycles. The summed E-state index contributed by atoms with van der Waals surface area (Å²) in [6, 6.07) is 13.4. The van der Waals surface area contributed by atoms with Gasteiger partial charge < -0.3 is 0 Å². The molecule has 0 aliphatic rings. The maximum Gasteiger partial charge on any atom is 0.195 e. The summed E-state index contributed by atoms with van der Waals surface area (Å²) in [6.45, 7) is 2.07. The molecule has 4 rings (SSSR count). The zero-order chi connectivity index (χ0) is 21.8. The van der Waals surface area contributed by atoms with E-state index in [0.29, 0.717) is 5.56 Å². The predicted molar refractivity (Wildman–Crippen MR) is 115 cm³/mol. The van der Waals surface area contributed by atoms with Crippen molar-refractivity contribution in [3.05, 3.63) is 106 Å².